The van der Waals surface area contributed by atoms with Crippen LogP contribution in [0.3, 0.4) is 0 Å². The molecule has 0 atom stereocenters. The highest BCUT2D eigenvalue weighted by Gasteiger charge is 2.47. The SMILES string of the molecule is O=c1c2ccc(-c3ccccc3)cc2n2n1-c1cccc3c1B2c1cccc2c1N3c1ccccc1O2. The van der Waals surface area contributed by atoms with Crippen molar-refractivity contribution in [3.63, 3.8) is 0 Å². The van der Waals surface area contributed by atoms with Crippen LogP contribution < -0.4 is 26.1 Å². The molecule has 0 unspecified atom stereocenters. The molecular formula is C31H18BN3O2. The van der Waals surface area contributed by atoms with E-state index < -0.39 is 0 Å². The zero-order valence-electron chi connectivity index (χ0n) is 19.6. The second-order valence-electron chi connectivity index (χ2n) is 9.77. The summed E-state index contributed by atoms with van der Waals surface area (Å²) in [6.45, 7) is -0.137. The molecule has 0 amide bonds. The molecule has 6 heteroatoms. The lowest BCUT2D eigenvalue weighted by Gasteiger charge is -2.39. The normalized spacial score (nSPS) is 13.6. The quantitative estimate of drug-likeness (QED) is 0.302. The number of hydrogen-bond donors (Lipinski definition) is 0. The number of ether oxygens (including phenoxy) is 1. The first-order valence-corrected chi connectivity index (χ1v) is 12.5. The van der Waals surface area contributed by atoms with Crippen LogP contribution in [-0.2, 0) is 0 Å². The zero-order chi connectivity index (χ0) is 24.2. The number of nitrogens with zero attached hydrogens (tertiary/aromatic N) is 3. The molecule has 0 radical (unpaired) electrons. The molecule has 3 aliphatic heterocycles. The summed E-state index contributed by atoms with van der Waals surface area (Å²) >= 11 is 0. The largest absolute Gasteiger partial charge is 0.453 e. The van der Waals surface area contributed by atoms with Crippen molar-refractivity contribution in [1.82, 2.24) is 9.27 Å². The second-order valence-corrected chi connectivity index (χ2v) is 9.77. The molecule has 0 aliphatic carbocycles. The average Bonchev–Trinajstić information content (AvgIpc) is 3.45. The molecule has 9 rings (SSSR count). The Hall–Kier alpha value is -4.97. The third-order valence-corrected chi connectivity index (χ3v) is 7.91. The van der Waals surface area contributed by atoms with Crippen molar-refractivity contribution in [3.8, 4) is 28.3 Å². The number of hydrogen-bond acceptors (Lipinski definition) is 3. The molecule has 0 N–H and O–H groups in total. The van der Waals surface area contributed by atoms with E-state index in [-0.39, 0.29) is 12.4 Å². The highest BCUT2D eigenvalue weighted by atomic mass is 16.5. The van der Waals surface area contributed by atoms with E-state index in [0.29, 0.717) is 0 Å². The van der Waals surface area contributed by atoms with Gasteiger partial charge >= 0.3 is 6.85 Å². The fourth-order valence-electron chi connectivity index (χ4n) is 6.42. The monoisotopic (exact) mass is 475 g/mol. The maximum atomic E-state index is 13.9. The number of aromatic nitrogens is 2. The van der Waals surface area contributed by atoms with E-state index in [4.69, 9.17) is 4.74 Å². The van der Waals surface area contributed by atoms with E-state index in [1.54, 1.807) is 0 Å². The molecule has 5 nitrogen and oxygen atoms in total. The standard InChI is InChI=1S/C31H18BN3O2/c36-31-21-17-16-20(19-8-2-1-3-9-19)18-26(21)35-32-22-10-6-15-28-30(22)33(23-11-4-5-14-27(23)37-28)24-12-7-13-25(29(24)32)34(31)35/h1-18H. The van der Waals surface area contributed by atoms with Crippen LogP contribution in [0.4, 0.5) is 17.1 Å². The Kier molecular flexibility index (Phi) is 3.44. The minimum Gasteiger partial charge on any atom is -0.453 e. The van der Waals surface area contributed by atoms with Crippen molar-refractivity contribution in [1.29, 1.82) is 0 Å². The van der Waals surface area contributed by atoms with Crippen molar-refractivity contribution in [2.24, 2.45) is 0 Å². The number of para-hydroxylation sites is 3. The first-order chi connectivity index (χ1) is 18.3. The lowest BCUT2D eigenvalue weighted by atomic mass is 9.48. The molecule has 4 heterocycles. The summed E-state index contributed by atoms with van der Waals surface area (Å²) in [5.41, 5.74) is 9.50. The van der Waals surface area contributed by atoms with Crippen molar-refractivity contribution in [2.45, 2.75) is 0 Å². The number of benzene rings is 5. The second kappa shape index (κ2) is 6.62. The van der Waals surface area contributed by atoms with Gasteiger partial charge in [0.1, 0.15) is 0 Å². The number of fused-ring (bicyclic) bond motifs is 9. The smallest absolute Gasteiger partial charge is 0.353 e. The van der Waals surface area contributed by atoms with E-state index in [2.05, 4.69) is 58.0 Å². The van der Waals surface area contributed by atoms with Gasteiger partial charge in [-0.2, -0.15) is 0 Å². The van der Waals surface area contributed by atoms with Crippen LogP contribution in [0.5, 0.6) is 11.5 Å². The lowest BCUT2D eigenvalue weighted by molar-refractivity contribution is 0.477. The number of anilines is 3. The summed E-state index contributed by atoms with van der Waals surface area (Å²) in [6.07, 6.45) is 0. The molecule has 5 aromatic carbocycles. The van der Waals surface area contributed by atoms with Gasteiger partial charge in [-0.25, -0.2) is 4.68 Å². The Labute approximate surface area is 212 Å². The van der Waals surface area contributed by atoms with Gasteiger partial charge in [-0.05, 0) is 59.1 Å². The fourth-order valence-corrected chi connectivity index (χ4v) is 6.42. The molecule has 1 aromatic heterocycles. The van der Waals surface area contributed by atoms with Gasteiger partial charge in [0.2, 0.25) is 0 Å². The minimum absolute atomic E-state index is 0.00758. The van der Waals surface area contributed by atoms with Crippen molar-refractivity contribution in [2.75, 3.05) is 4.90 Å². The van der Waals surface area contributed by atoms with E-state index in [9.17, 15) is 4.79 Å². The third-order valence-electron chi connectivity index (χ3n) is 7.91. The highest BCUT2D eigenvalue weighted by molar-refractivity contribution is 6.89. The van der Waals surface area contributed by atoms with Crippen molar-refractivity contribution in [3.05, 3.63) is 120 Å². The molecule has 0 saturated carbocycles. The Balaban J connectivity index is 1.39. The number of rotatable bonds is 1. The molecule has 172 valence electrons. The van der Waals surface area contributed by atoms with Gasteiger partial charge in [-0.3, -0.25) is 4.79 Å². The van der Waals surface area contributed by atoms with Gasteiger partial charge in [-0.1, -0.05) is 66.7 Å². The van der Waals surface area contributed by atoms with Crippen LogP contribution >= 0.6 is 0 Å². The van der Waals surface area contributed by atoms with Crippen LogP contribution in [0, 0.1) is 0 Å². The zero-order valence-corrected chi connectivity index (χ0v) is 19.6. The molecule has 0 fully saturated rings. The van der Waals surface area contributed by atoms with Gasteiger partial charge in [0.15, 0.2) is 11.5 Å². The molecule has 6 aromatic rings. The Morgan fingerprint density at radius 3 is 2.32 bits per heavy atom. The summed E-state index contributed by atoms with van der Waals surface area (Å²) in [6, 6.07) is 37.1. The molecular weight excluding hydrogens is 457 g/mol. The maximum absolute atomic E-state index is 13.9. The summed E-state index contributed by atoms with van der Waals surface area (Å²) in [7, 11) is 0. The van der Waals surface area contributed by atoms with E-state index >= 15 is 0 Å². The van der Waals surface area contributed by atoms with E-state index in [0.717, 1.165) is 67.2 Å². The predicted molar refractivity (Wildman–Crippen MR) is 148 cm³/mol. The van der Waals surface area contributed by atoms with Crippen LogP contribution in [0.2, 0.25) is 0 Å². The minimum atomic E-state index is -0.137. The van der Waals surface area contributed by atoms with Crippen molar-refractivity contribution >= 4 is 45.7 Å². The Morgan fingerprint density at radius 2 is 1.41 bits per heavy atom. The van der Waals surface area contributed by atoms with Gasteiger partial charge in [-0.15, -0.1) is 0 Å². The summed E-state index contributed by atoms with van der Waals surface area (Å²) in [4.78, 5) is 16.2. The lowest BCUT2D eigenvalue weighted by Crippen LogP contribution is -2.53. The summed E-state index contributed by atoms with van der Waals surface area (Å²) < 4.78 is 10.4. The topological polar surface area (TPSA) is 39.4 Å². The molecule has 0 saturated heterocycles. The van der Waals surface area contributed by atoms with Gasteiger partial charge in [0, 0.05) is 11.2 Å². The van der Waals surface area contributed by atoms with E-state index in [1.165, 1.54) is 0 Å². The highest BCUT2D eigenvalue weighted by Crippen LogP contribution is 2.51. The average molecular weight is 475 g/mol. The Morgan fingerprint density at radius 1 is 0.649 bits per heavy atom. The first kappa shape index (κ1) is 19.3. The van der Waals surface area contributed by atoms with Gasteiger partial charge in [0.05, 0.1) is 28.0 Å². The van der Waals surface area contributed by atoms with Crippen LogP contribution in [0.25, 0.3) is 27.7 Å². The summed E-state index contributed by atoms with van der Waals surface area (Å²) in [5, 5.41) is 0.726. The summed E-state index contributed by atoms with van der Waals surface area (Å²) in [5.74, 6) is 1.66. The Bertz CT molecular complexity index is 2010. The third kappa shape index (κ3) is 2.28. The predicted octanol–water partition coefficient (Wildman–Crippen LogP) is 5.32. The molecule has 0 spiro atoms. The van der Waals surface area contributed by atoms with Gasteiger partial charge < -0.3 is 14.2 Å². The van der Waals surface area contributed by atoms with Crippen LogP contribution in [-0.4, -0.2) is 16.1 Å². The first-order valence-electron chi connectivity index (χ1n) is 12.5. The van der Waals surface area contributed by atoms with Crippen molar-refractivity contribution < 1.29 is 4.74 Å². The van der Waals surface area contributed by atoms with Crippen LogP contribution in [0.15, 0.2) is 114 Å². The van der Waals surface area contributed by atoms with Crippen LogP contribution in [0.1, 0.15) is 0 Å². The van der Waals surface area contributed by atoms with Gasteiger partial charge in [0.25, 0.3) is 5.56 Å². The molecule has 3 aliphatic rings. The fraction of sp³-hybridized carbons (Fsp3) is 0. The maximum Gasteiger partial charge on any atom is 0.353 e. The molecule has 0 bridgehead atoms. The molecule has 37 heavy (non-hydrogen) atoms. The van der Waals surface area contributed by atoms with E-state index in [1.807, 2.05) is 65.3 Å².